The van der Waals surface area contributed by atoms with Gasteiger partial charge in [-0.15, -0.1) is 0 Å². The molecule has 0 saturated heterocycles. The van der Waals surface area contributed by atoms with Crippen molar-refractivity contribution in [3.8, 4) is 11.3 Å². The Kier molecular flexibility index (Phi) is 2.86. The van der Waals surface area contributed by atoms with Gasteiger partial charge in [0.15, 0.2) is 0 Å². The van der Waals surface area contributed by atoms with Gasteiger partial charge in [-0.1, -0.05) is 0 Å². The monoisotopic (exact) mass is 283 g/mol. The van der Waals surface area contributed by atoms with Crippen LogP contribution in [0.15, 0.2) is 34.7 Å². The molecule has 0 aliphatic rings. The molecule has 6 heteroatoms. The van der Waals surface area contributed by atoms with Gasteiger partial charge in [-0.3, -0.25) is 15.1 Å². The first-order valence-electron chi connectivity index (χ1n) is 6.38. The molecule has 2 heterocycles. The zero-order chi connectivity index (χ0) is 15.1. The summed E-state index contributed by atoms with van der Waals surface area (Å²) in [7, 11) is 0. The number of nitrogens with two attached hydrogens (primary N) is 1. The Hall–Kier alpha value is -2.89. The van der Waals surface area contributed by atoms with Gasteiger partial charge < -0.3 is 10.2 Å². The standard InChI is InChI=1S/C15H13N3O3/c1-8-5-10-11(14-3-4-15(21-14)18(19)20)6-9(2)17-13(10)7-12(8)16/h3-7H,16H2,1-2H3. The van der Waals surface area contributed by atoms with Gasteiger partial charge in [-0.25, -0.2) is 0 Å². The fraction of sp³-hybridized carbons (Fsp3) is 0.133. The number of fused-ring (bicyclic) bond motifs is 1. The number of rotatable bonds is 2. The first-order chi connectivity index (χ1) is 9.95. The predicted octanol–water partition coefficient (Wildman–Crippen LogP) is 3.60. The second-order valence-electron chi connectivity index (χ2n) is 4.93. The van der Waals surface area contributed by atoms with Crippen molar-refractivity contribution in [3.05, 3.63) is 51.7 Å². The van der Waals surface area contributed by atoms with Gasteiger partial charge in [0.2, 0.25) is 0 Å². The molecule has 0 spiro atoms. The quantitative estimate of drug-likeness (QED) is 0.440. The third kappa shape index (κ3) is 2.20. The summed E-state index contributed by atoms with van der Waals surface area (Å²) in [4.78, 5) is 14.7. The molecule has 2 aromatic heterocycles. The van der Waals surface area contributed by atoms with E-state index in [1.54, 1.807) is 12.1 Å². The van der Waals surface area contributed by atoms with E-state index in [2.05, 4.69) is 4.98 Å². The van der Waals surface area contributed by atoms with Crippen molar-refractivity contribution >= 4 is 22.5 Å². The van der Waals surface area contributed by atoms with Crippen LogP contribution in [0.4, 0.5) is 11.6 Å². The molecular formula is C15H13N3O3. The second-order valence-corrected chi connectivity index (χ2v) is 4.93. The molecule has 0 aliphatic carbocycles. The Labute approximate surface area is 120 Å². The fourth-order valence-corrected chi connectivity index (χ4v) is 2.30. The van der Waals surface area contributed by atoms with E-state index >= 15 is 0 Å². The number of nitrogen functional groups attached to an aromatic ring is 1. The first-order valence-corrected chi connectivity index (χ1v) is 6.38. The van der Waals surface area contributed by atoms with Crippen molar-refractivity contribution in [2.24, 2.45) is 0 Å². The topological polar surface area (TPSA) is 95.2 Å². The average Bonchev–Trinajstić information content (AvgIpc) is 2.89. The van der Waals surface area contributed by atoms with Gasteiger partial charge >= 0.3 is 5.88 Å². The summed E-state index contributed by atoms with van der Waals surface area (Å²) >= 11 is 0. The molecule has 0 amide bonds. The third-order valence-corrected chi connectivity index (χ3v) is 3.36. The molecule has 2 N–H and O–H groups in total. The molecule has 6 nitrogen and oxygen atoms in total. The highest BCUT2D eigenvalue weighted by Crippen LogP contribution is 2.33. The number of hydrogen-bond donors (Lipinski definition) is 1. The number of nitro groups is 1. The SMILES string of the molecule is Cc1cc(-c2ccc([N+](=O)[O-])o2)c2cc(C)c(N)cc2n1. The maximum Gasteiger partial charge on any atom is 0.433 e. The number of furan rings is 1. The van der Waals surface area contributed by atoms with E-state index in [-0.39, 0.29) is 5.88 Å². The number of nitrogens with zero attached hydrogens (tertiary/aromatic N) is 2. The number of aromatic nitrogens is 1. The van der Waals surface area contributed by atoms with Crippen LogP contribution in [0.5, 0.6) is 0 Å². The molecule has 3 aromatic rings. The number of anilines is 1. The van der Waals surface area contributed by atoms with E-state index in [0.717, 1.165) is 27.7 Å². The number of pyridine rings is 1. The number of hydrogen-bond acceptors (Lipinski definition) is 5. The van der Waals surface area contributed by atoms with Crippen LogP contribution in [-0.2, 0) is 0 Å². The molecule has 106 valence electrons. The highest BCUT2D eigenvalue weighted by atomic mass is 16.6. The molecule has 0 bridgehead atoms. The molecule has 0 aliphatic heterocycles. The van der Waals surface area contributed by atoms with Crippen molar-refractivity contribution in [2.45, 2.75) is 13.8 Å². The molecule has 0 saturated carbocycles. The molecule has 0 fully saturated rings. The van der Waals surface area contributed by atoms with Crippen LogP contribution in [-0.4, -0.2) is 9.91 Å². The van der Waals surface area contributed by atoms with E-state index < -0.39 is 4.92 Å². The number of benzene rings is 1. The van der Waals surface area contributed by atoms with E-state index in [4.69, 9.17) is 10.2 Å². The largest absolute Gasteiger partial charge is 0.433 e. The highest BCUT2D eigenvalue weighted by molar-refractivity contribution is 5.95. The van der Waals surface area contributed by atoms with Gasteiger partial charge in [0.05, 0.1) is 11.6 Å². The van der Waals surface area contributed by atoms with Crippen LogP contribution in [0, 0.1) is 24.0 Å². The summed E-state index contributed by atoms with van der Waals surface area (Å²) in [6, 6.07) is 8.51. The lowest BCUT2D eigenvalue weighted by atomic mass is 10.0. The smallest absolute Gasteiger partial charge is 0.401 e. The average molecular weight is 283 g/mol. The maximum absolute atomic E-state index is 10.8. The summed E-state index contributed by atoms with van der Waals surface area (Å²) in [6.45, 7) is 3.76. The highest BCUT2D eigenvalue weighted by Gasteiger charge is 2.16. The lowest BCUT2D eigenvalue weighted by Crippen LogP contribution is -1.93. The summed E-state index contributed by atoms with van der Waals surface area (Å²) in [6.07, 6.45) is 0. The molecule has 0 atom stereocenters. The zero-order valence-electron chi connectivity index (χ0n) is 11.6. The minimum absolute atomic E-state index is 0.278. The summed E-state index contributed by atoms with van der Waals surface area (Å²) in [5.41, 5.74) is 9.81. The molecule has 21 heavy (non-hydrogen) atoms. The molecule has 0 unspecified atom stereocenters. The van der Waals surface area contributed by atoms with E-state index in [1.807, 2.05) is 26.0 Å². The Morgan fingerprint density at radius 1 is 1.24 bits per heavy atom. The lowest BCUT2D eigenvalue weighted by molar-refractivity contribution is -0.401. The van der Waals surface area contributed by atoms with Gasteiger partial charge in [0.1, 0.15) is 10.7 Å². The first kappa shape index (κ1) is 13.1. The van der Waals surface area contributed by atoms with Crippen molar-refractivity contribution in [1.29, 1.82) is 0 Å². The van der Waals surface area contributed by atoms with Crippen molar-refractivity contribution < 1.29 is 9.34 Å². The van der Waals surface area contributed by atoms with Gasteiger partial charge in [-0.05, 0) is 43.7 Å². The third-order valence-electron chi connectivity index (χ3n) is 3.36. The Bertz CT molecular complexity index is 868. The van der Waals surface area contributed by atoms with E-state index in [9.17, 15) is 10.1 Å². The summed E-state index contributed by atoms with van der Waals surface area (Å²) in [5, 5.41) is 11.6. The zero-order valence-corrected chi connectivity index (χ0v) is 11.6. The van der Waals surface area contributed by atoms with Crippen molar-refractivity contribution in [3.63, 3.8) is 0 Å². The molecule has 0 radical (unpaired) electrons. The normalized spacial score (nSPS) is 11.0. The van der Waals surface area contributed by atoms with Gasteiger partial charge in [-0.2, -0.15) is 0 Å². The van der Waals surface area contributed by atoms with Crippen LogP contribution in [0.25, 0.3) is 22.2 Å². The predicted molar refractivity (Wildman–Crippen MR) is 80.0 cm³/mol. The summed E-state index contributed by atoms with van der Waals surface area (Å²) in [5.74, 6) is 0.168. The fourth-order valence-electron chi connectivity index (χ4n) is 2.30. The van der Waals surface area contributed by atoms with Crippen LogP contribution in [0.1, 0.15) is 11.3 Å². The lowest BCUT2D eigenvalue weighted by Gasteiger charge is -2.08. The Balaban J connectivity index is 2.29. The van der Waals surface area contributed by atoms with Gasteiger partial charge in [0, 0.05) is 22.3 Å². The molecule has 3 rings (SSSR count). The van der Waals surface area contributed by atoms with Crippen molar-refractivity contribution in [2.75, 3.05) is 5.73 Å². The summed E-state index contributed by atoms with van der Waals surface area (Å²) < 4.78 is 5.31. The van der Waals surface area contributed by atoms with Crippen molar-refractivity contribution in [1.82, 2.24) is 4.98 Å². The van der Waals surface area contributed by atoms with Gasteiger partial charge in [0.25, 0.3) is 0 Å². The van der Waals surface area contributed by atoms with Crippen LogP contribution >= 0.6 is 0 Å². The Morgan fingerprint density at radius 2 is 2.00 bits per heavy atom. The van der Waals surface area contributed by atoms with E-state index in [1.165, 1.54) is 6.07 Å². The van der Waals surface area contributed by atoms with Crippen LogP contribution in [0.3, 0.4) is 0 Å². The molecule has 1 aromatic carbocycles. The maximum atomic E-state index is 10.8. The Morgan fingerprint density at radius 3 is 2.67 bits per heavy atom. The molecular weight excluding hydrogens is 270 g/mol. The number of aryl methyl sites for hydroxylation is 2. The minimum Gasteiger partial charge on any atom is -0.401 e. The van der Waals surface area contributed by atoms with E-state index in [0.29, 0.717) is 11.4 Å². The minimum atomic E-state index is -0.553. The van der Waals surface area contributed by atoms with Crippen LogP contribution < -0.4 is 5.73 Å². The second kappa shape index (κ2) is 4.59. The van der Waals surface area contributed by atoms with Crippen LogP contribution in [0.2, 0.25) is 0 Å².